The lowest BCUT2D eigenvalue weighted by Gasteiger charge is -2.21. The van der Waals surface area contributed by atoms with E-state index in [1.807, 2.05) is 0 Å². The highest BCUT2D eigenvalue weighted by Crippen LogP contribution is 2.05. The molecule has 2 N–H and O–H groups in total. The van der Waals surface area contributed by atoms with Crippen molar-refractivity contribution in [3.8, 4) is 0 Å². The van der Waals surface area contributed by atoms with Gasteiger partial charge in [0.25, 0.3) is 0 Å². The first kappa shape index (κ1) is 19.1. The van der Waals surface area contributed by atoms with Crippen molar-refractivity contribution in [2.45, 2.75) is 77.3 Å². The van der Waals surface area contributed by atoms with E-state index in [4.69, 9.17) is 5.73 Å². The minimum absolute atomic E-state index is 0.208. The van der Waals surface area contributed by atoms with Gasteiger partial charge < -0.3 is 10.6 Å². The van der Waals surface area contributed by atoms with Crippen LogP contribution in [-0.4, -0.2) is 40.6 Å². The minimum Gasteiger partial charge on any atom is -0.329 e. The molecule has 0 aromatic heterocycles. The van der Waals surface area contributed by atoms with Crippen LogP contribution in [0.1, 0.15) is 65.2 Å². The molecule has 0 bridgehead atoms. The molecular weight excluding hydrogens is 248 g/mol. The molecule has 2 nitrogen and oxygen atoms in total. The summed E-state index contributed by atoms with van der Waals surface area (Å²) in [5.41, 5.74) is 5.71. The number of rotatable bonds is 15. The molecule has 0 aromatic rings. The number of hydrogen-bond acceptors (Lipinski definition) is 2. The summed E-state index contributed by atoms with van der Waals surface area (Å²) in [6.07, 6.45) is 11.2. The first-order valence-corrected chi connectivity index (χ1v) is 10.8. The Kier molecular flexibility index (Phi) is 16.3. The Hall–Kier alpha value is 0.137. The normalized spacial score (nSPS) is 12.0. The lowest BCUT2D eigenvalue weighted by Crippen LogP contribution is -2.31. The van der Waals surface area contributed by atoms with Crippen LogP contribution in [0.25, 0.3) is 0 Å². The second kappa shape index (κ2) is 16.2. The highest BCUT2D eigenvalue weighted by atomic mass is 28.2. The zero-order valence-corrected chi connectivity index (χ0v) is 15.0. The van der Waals surface area contributed by atoms with Crippen molar-refractivity contribution in [3.63, 3.8) is 0 Å². The average molecular weight is 287 g/mol. The quantitative estimate of drug-likeness (QED) is 0.369. The topological polar surface area (TPSA) is 29.3 Å². The first-order valence-electron chi connectivity index (χ1n) is 8.77. The monoisotopic (exact) mass is 286 g/mol. The minimum atomic E-state index is 0.208. The Morgan fingerprint density at radius 3 is 2.05 bits per heavy atom. The molecule has 0 aromatic carbocycles. The molecule has 0 heterocycles. The second-order valence-corrected chi connectivity index (χ2v) is 7.93. The largest absolute Gasteiger partial charge is 0.329 e. The van der Waals surface area contributed by atoms with Crippen molar-refractivity contribution in [3.05, 3.63) is 0 Å². The van der Waals surface area contributed by atoms with E-state index < -0.39 is 0 Å². The predicted molar refractivity (Wildman–Crippen MR) is 91.9 cm³/mol. The van der Waals surface area contributed by atoms with E-state index in [1.54, 1.807) is 6.04 Å². The maximum absolute atomic E-state index is 5.71. The number of nitrogens with two attached hydrogens (primary N) is 1. The van der Waals surface area contributed by atoms with Gasteiger partial charge in [0, 0.05) is 22.6 Å². The Bertz CT molecular complexity index is 165. The molecule has 0 atom stereocenters. The molecule has 0 saturated carbocycles. The summed E-state index contributed by atoms with van der Waals surface area (Å²) in [5.74, 6) is 0. The van der Waals surface area contributed by atoms with E-state index in [1.165, 1.54) is 70.5 Å². The molecule has 0 aliphatic heterocycles. The first-order chi connectivity index (χ1) is 9.35. The van der Waals surface area contributed by atoms with Crippen LogP contribution in [-0.2, 0) is 0 Å². The Balaban J connectivity index is 3.42. The molecule has 0 radical (unpaired) electrons. The van der Waals surface area contributed by atoms with Crippen LogP contribution >= 0.6 is 0 Å². The van der Waals surface area contributed by atoms with Gasteiger partial charge in [-0.3, -0.25) is 0 Å². The zero-order chi connectivity index (χ0) is 14.2. The summed E-state index contributed by atoms with van der Waals surface area (Å²) < 4.78 is 0. The summed E-state index contributed by atoms with van der Waals surface area (Å²) in [4.78, 5) is 2.61. The molecule has 0 amide bonds. The van der Waals surface area contributed by atoms with Crippen LogP contribution in [0.15, 0.2) is 0 Å². The molecule has 0 spiro atoms. The maximum Gasteiger partial charge on any atom is 0.0212 e. The van der Waals surface area contributed by atoms with Crippen LogP contribution in [0.2, 0.25) is 12.1 Å². The third-order valence-corrected chi connectivity index (χ3v) is 5.67. The Morgan fingerprint density at radius 2 is 1.42 bits per heavy atom. The van der Waals surface area contributed by atoms with Crippen molar-refractivity contribution in [1.82, 2.24) is 4.90 Å². The van der Waals surface area contributed by atoms with Crippen LogP contribution in [0.3, 0.4) is 0 Å². The van der Waals surface area contributed by atoms with E-state index in [0.29, 0.717) is 0 Å². The second-order valence-electron chi connectivity index (χ2n) is 5.81. The fourth-order valence-corrected chi connectivity index (χ4v) is 4.30. The number of nitrogens with zero attached hydrogens (tertiary/aromatic N) is 1. The van der Waals surface area contributed by atoms with E-state index in [0.717, 1.165) is 13.1 Å². The number of hydrogen-bond donors (Lipinski definition) is 1. The maximum atomic E-state index is 5.71. The van der Waals surface area contributed by atoms with Gasteiger partial charge in [-0.15, -0.1) is 0 Å². The van der Waals surface area contributed by atoms with Gasteiger partial charge in [0.15, 0.2) is 0 Å². The van der Waals surface area contributed by atoms with Crippen molar-refractivity contribution in [2.75, 3.05) is 26.2 Å². The van der Waals surface area contributed by atoms with Crippen molar-refractivity contribution in [2.24, 2.45) is 5.73 Å². The van der Waals surface area contributed by atoms with Crippen LogP contribution < -0.4 is 5.73 Å². The van der Waals surface area contributed by atoms with Gasteiger partial charge >= 0.3 is 0 Å². The van der Waals surface area contributed by atoms with Gasteiger partial charge in [-0.2, -0.15) is 0 Å². The summed E-state index contributed by atoms with van der Waals surface area (Å²) in [6.45, 7) is 9.11. The standard InChI is InChI=1S/C16H38N2Si/c1-3-5-7-9-12-18(13-11-17)14-16-19-15-10-8-6-4-2/h3-17,19H2,1-2H3. The van der Waals surface area contributed by atoms with Gasteiger partial charge in [-0.05, 0) is 19.5 Å². The molecule has 0 aliphatic rings. The molecule has 3 heteroatoms. The molecule has 0 aliphatic carbocycles. The molecule has 19 heavy (non-hydrogen) atoms. The van der Waals surface area contributed by atoms with Gasteiger partial charge in [0.1, 0.15) is 0 Å². The van der Waals surface area contributed by atoms with Crippen LogP contribution in [0, 0.1) is 0 Å². The van der Waals surface area contributed by atoms with E-state index in [-0.39, 0.29) is 9.52 Å². The van der Waals surface area contributed by atoms with Gasteiger partial charge in [0.05, 0.1) is 0 Å². The fourth-order valence-electron chi connectivity index (χ4n) is 2.57. The van der Waals surface area contributed by atoms with Crippen molar-refractivity contribution in [1.29, 1.82) is 0 Å². The highest BCUT2D eigenvalue weighted by molar-refractivity contribution is 6.35. The molecule has 0 unspecified atom stereocenters. The molecule has 116 valence electrons. The summed E-state index contributed by atoms with van der Waals surface area (Å²) in [6, 6.07) is 3.06. The van der Waals surface area contributed by atoms with E-state index in [9.17, 15) is 0 Å². The average Bonchev–Trinajstić information content (AvgIpc) is 2.42. The van der Waals surface area contributed by atoms with E-state index in [2.05, 4.69) is 18.7 Å². The smallest absolute Gasteiger partial charge is 0.0212 e. The SMILES string of the molecule is CCCCCC[SiH2]CCN(CCN)CCCCCC. The van der Waals surface area contributed by atoms with Gasteiger partial charge in [0.2, 0.25) is 0 Å². The summed E-state index contributed by atoms with van der Waals surface area (Å²) >= 11 is 0. The summed E-state index contributed by atoms with van der Waals surface area (Å²) in [7, 11) is 0.208. The predicted octanol–water partition coefficient (Wildman–Crippen LogP) is 3.41. The van der Waals surface area contributed by atoms with Crippen LogP contribution in [0.4, 0.5) is 0 Å². The Morgan fingerprint density at radius 1 is 0.737 bits per heavy atom. The summed E-state index contributed by atoms with van der Waals surface area (Å²) in [5, 5.41) is 0. The van der Waals surface area contributed by atoms with Gasteiger partial charge in [-0.25, -0.2) is 0 Å². The highest BCUT2D eigenvalue weighted by Gasteiger charge is 2.03. The number of unbranched alkanes of at least 4 members (excludes halogenated alkanes) is 6. The van der Waals surface area contributed by atoms with Gasteiger partial charge in [-0.1, -0.05) is 70.9 Å². The van der Waals surface area contributed by atoms with Crippen molar-refractivity contribution < 1.29 is 0 Å². The molecule has 0 saturated heterocycles. The van der Waals surface area contributed by atoms with E-state index >= 15 is 0 Å². The zero-order valence-electron chi connectivity index (χ0n) is 13.6. The van der Waals surface area contributed by atoms with Crippen molar-refractivity contribution >= 4 is 9.52 Å². The molecule has 0 fully saturated rings. The molecule has 0 rings (SSSR count). The lowest BCUT2D eigenvalue weighted by atomic mass is 10.2. The fraction of sp³-hybridized carbons (Fsp3) is 1.00. The lowest BCUT2D eigenvalue weighted by molar-refractivity contribution is 0.288. The third-order valence-electron chi connectivity index (χ3n) is 3.85. The third kappa shape index (κ3) is 14.4. The molecular formula is C16H38N2Si. The Labute approximate surface area is 124 Å². The van der Waals surface area contributed by atoms with Crippen LogP contribution in [0.5, 0.6) is 0 Å².